The Morgan fingerprint density at radius 2 is 1.82 bits per heavy atom. The van der Waals surface area contributed by atoms with E-state index in [1.807, 2.05) is 49.6 Å². The van der Waals surface area contributed by atoms with Gasteiger partial charge in [0.25, 0.3) is 5.91 Å². The van der Waals surface area contributed by atoms with E-state index >= 15 is 0 Å². The molecule has 2 aromatic rings. The van der Waals surface area contributed by atoms with Gasteiger partial charge < -0.3 is 24.3 Å². The van der Waals surface area contributed by atoms with Crippen molar-refractivity contribution in [1.29, 1.82) is 0 Å². The fraction of sp³-hybridized carbons (Fsp3) is 0.429. The van der Waals surface area contributed by atoms with E-state index in [9.17, 15) is 9.59 Å². The topological polar surface area (TPSA) is 72.8 Å². The smallest absolute Gasteiger partial charge is 0.340 e. The molecule has 0 saturated carbocycles. The first-order valence-corrected chi connectivity index (χ1v) is 9.56. The summed E-state index contributed by atoms with van der Waals surface area (Å²) in [7, 11) is 0. The predicted octanol–water partition coefficient (Wildman–Crippen LogP) is 2.76. The second kappa shape index (κ2) is 8.93. The van der Waals surface area contributed by atoms with Crippen molar-refractivity contribution in [1.82, 2.24) is 4.57 Å². The molecule has 1 aliphatic rings. The van der Waals surface area contributed by atoms with Crippen LogP contribution in [0.5, 0.6) is 0 Å². The quantitative estimate of drug-likeness (QED) is 0.774. The Labute approximate surface area is 165 Å². The van der Waals surface area contributed by atoms with E-state index in [0.29, 0.717) is 11.3 Å². The number of benzene rings is 1. The number of hydrogen-bond donors (Lipinski definition) is 1. The van der Waals surface area contributed by atoms with E-state index in [1.54, 1.807) is 6.07 Å². The van der Waals surface area contributed by atoms with E-state index < -0.39 is 5.97 Å². The summed E-state index contributed by atoms with van der Waals surface area (Å²) >= 11 is 0. The molecule has 1 aromatic heterocycles. The third kappa shape index (κ3) is 4.54. The number of amides is 1. The van der Waals surface area contributed by atoms with Gasteiger partial charge in [0.05, 0.1) is 18.8 Å². The molecular formula is C21H27N3O4. The second-order valence-electron chi connectivity index (χ2n) is 6.80. The minimum Gasteiger partial charge on any atom is -0.452 e. The molecule has 28 heavy (non-hydrogen) atoms. The maximum absolute atomic E-state index is 12.3. The molecule has 0 aliphatic carbocycles. The zero-order valence-electron chi connectivity index (χ0n) is 16.7. The van der Waals surface area contributed by atoms with Crippen LogP contribution in [0.2, 0.25) is 0 Å². The average molecular weight is 385 g/mol. The van der Waals surface area contributed by atoms with Crippen molar-refractivity contribution in [3.05, 3.63) is 47.3 Å². The maximum Gasteiger partial charge on any atom is 0.340 e. The summed E-state index contributed by atoms with van der Waals surface area (Å²) in [6.07, 6.45) is 0. The lowest BCUT2D eigenvalue weighted by Gasteiger charge is -2.28. The number of ether oxygens (including phenoxy) is 2. The molecule has 7 nitrogen and oxygen atoms in total. The van der Waals surface area contributed by atoms with Crippen molar-refractivity contribution < 1.29 is 19.1 Å². The van der Waals surface area contributed by atoms with E-state index in [2.05, 4.69) is 10.2 Å². The lowest BCUT2D eigenvalue weighted by Crippen LogP contribution is -2.36. The number of nitrogens with one attached hydrogen (secondary N) is 1. The van der Waals surface area contributed by atoms with Crippen LogP contribution in [-0.4, -0.2) is 49.4 Å². The molecule has 1 aliphatic heterocycles. The van der Waals surface area contributed by atoms with E-state index in [-0.39, 0.29) is 12.5 Å². The lowest BCUT2D eigenvalue weighted by atomic mass is 10.2. The van der Waals surface area contributed by atoms with Gasteiger partial charge >= 0.3 is 5.97 Å². The summed E-state index contributed by atoms with van der Waals surface area (Å²) in [6, 6.07) is 9.42. The fourth-order valence-corrected chi connectivity index (χ4v) is 3.48. The molecule has 1 N–H and O–H groups in total. The Morgan fingerprint density at radius 1 is 1.14 bits per heavy atom. The fourth-order valence-electron chi connectivity index (χ4n) is 3.48. The highest BCUT2D eigenvalue weighted by molar-refractivity contribution is 5.96. The molecule has 2 heterocycles. The van der Waals surface area contributed by atoms with Crippen LogP contribution >= 0.6 is 0 Å². The molecule has 1 amide bonds. The van der Waals surface area contributed by atoms with Crippen molar-refractivity contribution in [2.24, 2.45) is 0 Å². The minimum atomic E-state index is -0.481. The Kier molecular flexibility index (Phi) is 6.36. The molecule has 0 spiro atoms. The third-order valence-corrected chi connectivity index (χ3v) is 4.97. The van der Waals surface area contributed by atoms with Crippen molar-refractivity contribution in [3.8, 4) is 0 Å². The number of esters is 1. The summed E-state index contributed by atoms with van der Waals surface area (Å²) in [5.41, 5.74) is 4.11. The van der Waals surface area contributed by atoms with Crippen molar-refractivity contribution >= 4 is 23.3 Å². The van der Waals surface area contributed by atoms with Gasteiger partial charge in [-0.15, -0.1) is 0 Å². The lowest BCUT2D eigenvalue weighted by molar-refractivity contribution is -0.119. The molecule has 3 rings (SSSR count). The predicted molar refractivity (Wildman–Crippen MR) is 108 cm³/mol. The van der Waals surface area contributed by atoms with Crippen LogP contribution in [0, 0.1) is 13.8 Å². The van der Waals surface area contributed by atoms with Gasteiger partial charge in [-0.2, -0.15) is 0 Å². The van der Waals surface area contributed by atoms with Crippen LogP contribution in [-0.2, 0) is 20.8 Å². The van der Waals surface area contributed by atoms with Crippen LogP contribution in [0.25, 0.3) is 0 Å². The summed E-state index contributed by atoms with van der Waals surface area (Å²) in [5.74, 6) is -0.845. The van der Waals surface area contributed by atoms with Gasteiger partial charge in [0, 0.05) is 42.4 Å². The summed E-state index contributed by atoms with van der Waals surface area (Å²) in [4.78, 5) is 26.7. The molecule has 0 bridgehead atoms. The SMILES string of the molecule is CCn1c(C)cc(C(=O)OCC(=O)Nc2ccc(N3CCOCC3)cc2)c1C. The van der Waals surface area contributed by atoms with Gasteiger partial charge in [0.15, 0.2) is 6.61 Å². The van der Waals surface area contributed by atoms with Gasteiger partial charge in [-0.3, -0.25) is 4.79 Å². The van der Waals surface area contributed by atoms with E-state index in [0.717, 1.165) is 49.9 Å². The van der Waals surface area contributed by atoms with Crippen molar-refractivity contribution in [2.75, 3.05) is 43.1 Å². The van der Waals surface area contributed by atoms with Gasteiger partial charge in [-0.25, -0.2) is 4.79 Å². The molecule has 1 aromatic carbocycles. The highest BCUT2D eigenvalue weighted by Gasteiger charge is 2.17. The summed E-state index contributed by atoms with van der Waals surface area (Å²) < 4.78 is 12.6. The van der Waals surface area contributed by atoms with Crippen LogP contribution in [0.4, 0.5) is 11.4 Å². The molecule has 0 unspecified atom stereocenters. The minimum absolute atomic E-state index is 0.320. The number of rotatable bonds is 6. The zero-order chi connectivity index (χ0) is 20.1. The first-order valence-electron chi connectivity index (χ1n) is 9.56. The van der Waals surface area contributed by atoms with Gasteiger partial charge in [-0.05, 0) is 51.1 Å². The Morgan fingerprint density at radius 3 is 2.43 bits per heavy atom. The molecule has 1 saturated heterocycles. The van der Waals surface area contributed by atoms with Gasteiger partial charge in [0.1, 0.15) is 0 Å². The second-order valence-corrected chi connectivity index (χ2v) is 6.80. The highest BCUT2D eigenvalue weighted by atomic mass is 16.5. The summed E-state index contributed by atoms with van der Waals surface area (Å²) in [5, 5.41) is 2.76. The first-order chi connectivity index (χ1) is 13.5. The van der Waals surface area contributed by atoms with E-state index in [4.69, 9.17) is 9.47 Å². The largest absolute Gasteiger partial charge is 0.452 e. The number of nitrogens with zero attached hydrogens (tertiary/aromatic N) is 2. The Bertz CT molecular complexity index is 836. The number of hydrogen-bond acceptors (Lipinski definition) is 5. The molecule has 150 valence electrons. The number of morpholine rings is 1. The first kappa shape index (κ1) is 19.9. The Balaban J connectivity index is 1.52. The van der Waals surface area contributed by atoms with Gasteiger partial charge in [-0.1, -0.05) is 0 Å². The van der Waals surface area contributed by atoms with Crippen LogP contribution in [0.1, 0.15) is 28.7 Å². The van der Waals surface area contributed by atoms with Crippen LogP contribution in [0.15, 0.2) is 30.3 Å². The molecular weight excluding hydrogens is 358 g/mol. The molecule has 1 fully saturated rings. The number of aryl methyl sites for hydroxylation is 1. The van der Waals surface area contributed by atoms with Crippen LogP contribution in [0.3, 0.4) is 0 Å². The number of aromatic nitrogens is 1. The number of anilines is 2. The van der Waals surface area contributed by atoms with Gasteiger partial charge in [0.2, 0.25) is 0 Å². The highest BCUT2D eigenvalue weighted by Crippen LogP contribution is 2.19. The zero-order valence-corrected chi connectivity index (χ0v) is 16.7. The monoisotopic (exact) mass is 385 g/mol. The molecule has 0 radical (unpaired) electrons. The van der Waals surface area contributed by atoms with Crippen LogP contribution < -0.4 is 10.2 Å². The summed E-state index contributed by atoms with van der Waals surface area (Å²) in [6.45, 7) is 9.48. The third-order valence-electron chi connectivity index (χ3n) is 4.97. The average Bonchev–Trinajstić information content (AvgIpc) is 3.01. The molecule has 0 atom stereocenters. The van der Waals surface area contributed by atoms with Crippen molar-refractivity contribution in [3.63, 3.8) is 0 Å². The van der Waals surface area contributed by atoms with Crippen molar-refractivity contribution in [2.45, 2.75) is 27.3 Å². The number of carbonyl (C=O) groups is 2. The Hall–Kier alpha value is -2.80. The number of carbonyl (C=O) groups excluding carboxylic acids is 2. The normalized spacial score (nSPS) is 14.0. The standard InChI is InChI=1S/C21H27N3O4/c1-4-24-15(2)13-19(16(24)3)21(26)28-14-20(25)22-17-5-7-18(8-6-17)23-9-11-27-12-10-23/h5-8,13H,4,9-12,14H2,1-3H3,(H,22,25). The van der Waals surface area contributed by atoms with E-state index in [1.165, 1.54) is 0 Å². The molecule has 7 heteroatoms. The maximum atomic E-state index is 12.3.